The van der Waals surface area contributed by atoms with Gasteiger partial charge in [0, 0.05) is 5.56 Å². The van der Waals surface area contributed by atoms with E-state index in [2.05, 4.69) is 12.1 Å². The number of rotatable bonds is 5. The monoisotopic (exact) mass is 314 g/mol. The van der Waals surface area contributed by atoms with Crippen LogP contribution in [-0.2, 0) is 13.0 Å². The number of nitrogens with zero attached hydrogens (tertiary/aromatic N) is 2. The predicted molar refractivity (Wildman–Crippen MR) is 84.2 cm³/mol. The van der Waals surface area contributed by atoms with Crippen LogP contribution in [-0.4, -0.2) is 15.5 Å². The highest BCUT2D eigenvalue weighted by Crippen LogP contribution is 2.21. The second kappa shape index (κ2) is 6.11. The largest absolute Gasteiger partial charge is 0.442 e. The van der Waals surface area contributed by atoms with Crippen molar-refractivity contribution < 1.29 is 9.32 Å². The van der Waals surface area contributed by atoms with Crippen LogP contribution >= 0.6 is 11.3 Å². The van der Waals surface area contributed by atoms with E-state index in [0.717, 1.165) is 16.9 Å². The first-order valence-corrected chi connectivity index (χ1v) is 7.79. The van der Waals surface area contributed by atoms with Crippen LogP contribution in [0, 0.1) is 0 Å². The summed E-state index contributed by atoms with van der Waals surface area (Å²) in [4.78, 5) is 24.9. The van der Waals surface area contributed by atoms with Crippen LogP contribution in [0.5, 0.6) is 0 Å². The summed E-state index contributed by atoms with van der Waals surface area (Å²) in [5, 5.41) is 5.65. The van der Waals surface area contributed by atoms with E-state index in [4.69, 9.17) is 4.52 Å². The number of Topliss-reactive ketones (excluding diaryl/α,β-unsaturated/α-hetero) is 1. The fourth-order valence-electron chi connectivity index (χ4n) is 2.15. The summed E-state index contributed by atoms with van der Waals surface area (Å²) < 4.78 is 5.97. The van der Waals surface area contributed by atoms with Gasteiger partial charge >= 0.3 is 5.76 Å². The van der Waals surface area contributed by atoms with Crippen LogP contribution in [0.15, 0.2) is 51.1 Å². The van der Waals surface area contributed by atoms with Gasteiger partial charge in [-0.25, -0.2) is 9.36 Å². The highest BCUT2D eigenvalue weighted by Gasteiger charge is 2.17. The van der Waals surface area contributed by atoms with Crippen molar-refractivity contribution in [3.8, 4) is 10.7 Å². The molecule has 112 valence electrons. The van der Waals surface area contributed by atoms with E-state index in [9.17, 15) is 9.59 Å². The van der Waals surface area contributed by atoms with Crippen LogP contribution < -0.4 is 5.76 Å². The van der Waals surface area contributed by atoms with Gasteiger partial charge in [0.25, 0.3) is 0 Å². The zero-order chi connectivity index (χ0) is 15.5. The summed E-state index contributed by atoms with van der Waals surface area (Å²) in [5.41, 5.74) is 1.74. The Bertz CT molecular complexity index is 829. The molecule has 0 spiro atoms. The molecule has 0 N–H and O–H groups in total. The number of aromatic nitrogens is 2. The fraction of sp³-hybridized carbons (Fsp3) is 0.188. The van der Waals surface area contributed by atoms with Gasteiger partial charge in [-0.2, -0.15) is 0 Å². The van der Waals surface area contributed by atoms with Crippen molar-refractivity contribution in [1.82, 2.24) is 9.72 Å². The number of carbonyl (C=O) groups excluding carboxylic acids is 1. The molecule has 5 nitrogen and oxygen atoms in total. The summed E-state index contributed by atoms with van der Waals surface area (Å²) in [6, 6.07) is 11.1. The van der Waals surface area contributed by atoms with Gasteiger partial charge in [-0.1, -0.05) is 42.4 Å². The molecule has 0 aliphatic heterocycles. The Balaban J connectivity index is 1.88. The molecule has 3 aromatic rings. The number of aryl methyl sites for hydroxylation is 1. The molecule has 0 fully saturated rings. The molecule has 0 radical (unpaired) electrons. The average molecular weight is 314 g/mol. The third-order valence-electron chi connectivity index (χ3n) is 3.41. The highest BCUT2D eigenvalue weighted by atomic mass is 32.1. The molecule has 22 heavy (non-hydrogen) atoms. The lowest BCUT2D eigenvalue weighted by Gasteiger charge is -2.04. The van der Waals surface area contributed by atoms with Crippen molar-refractivity contribution in [2.75, 3.05) is 0 Å². The van der Waals surface area contributed by atoms with E-state index in [-0.39, 0.29) is 12.3 Å². The molecule has 0 bridgehead atoms. The van der Waals surface area contributed by atoms with E-state index in [0.29, 0.717) is 11.4 Å². The Morgan fingerprint density at radius 1 is 1.27 bits per heavy atom. The van der Waals surface area contributed by atoms with Crippen LogP contribution in [0.1, 0.15) is 22.8 Å². The standard InChI is InChI=1S/C16H14N2O3S/c1-2-11-5-7-12(8-6-11)13(19)10-18-15(17-21-16(18)20)14-4-3-9-22-14/h3-9H,2,10H2,1H3. The van der Waals surface area contributed by atoms with Gasteiger partial charge in [0.2, 0.25) is 0 Å². The average Bonchev–Trinajstić information content (AvgIpc) is 3.18. The number of thiophene rings is 1. The summed E-state index contributed by atoms with van der Waals surface area (Å²) in [6.07, 6.45) is 0.919. The first kappa shape index (κ1) is 14.5. The molecule has 0 aliphatic carbocycles. The lowest BCUT2D eigenvalue weighted by atomic mass is 10.1. The van der Waals surface area contributed by atoms with Crippen molar-refractivity contribution in [1.29, 1.82) is 0 Å². The van der Waals surface area contributed by atoms with E-state index in [1.54, 1.807) is 12.1 Å². The Hall–Kier alpha value is -2.47. The smallest absolute Gasteiger partial charge is 0.295 e. The second-order valence-corrected chi connectivity index (χ2v) is 5.76. The van der Waals surface area contributed by atoms with E-state index < -0.39 is 5.76 Å². The van der Waals surface area contributed by atoms with Crippen molar-refractivity contribution in [2.24, 2.45) is 0 Å². The van der Waals surface area contributed by atoms with Crippen LogP contribution in [0.25, 0.3) is 10.7 Å². The molecule has 0 saturated carbocycles. The lowest BCUT2D eigenvalue weighted by Crippen LogP contribution is -2.21. The number of benzene rings is 1. The van der Waals surface area contributed by atoms with Gasteiger partial charge < -0.3 is 0 Å². The van der Waals surface area contributed by atoms with Crippen LogP contribution in [0.4, 0.5) is 0 Å². The van der Waals surface area contributed by atoms with Gasteiger partial charge in [0.15, 0.2) is 11.6 Å². The topological polar surface area (TPSA) is 65.1 Å². The van der Waals surface area contributed by atoms with E-state index in [1.807, 2.05) is 29.6 Å². The molecular formula is C16H14N2O3S. The summed E-state index contributed by atoms with van der Waals surface area (Å²) in [7, 11) is 0. The maximum atomic E-state index is 12.4. The van der Waals surface area contributed by atoms with Gasteiger partial charge in [0.1, 0.15) is 0 Å². The number of hydrogen-bond acceptors (Lipinski definition) is 5. The fourth-order valence-corrected chi connectivity index (χ4v) is 2.87. The molecule has 0 aliphatic rings. The Morgan fingerprint density at radius 3 is 2.68 bits per heavy atom. The van der Waals surface area contributed by atoms with Crippen molar-refractivity contribution in [3.05, 3.63) is 63.5 Å². The SMILES string of the molecule is CCc1ccc(C(=O)Cn2c(-c3cccs3)noc2=O)cc1. The molecule has 1 aromatic carbocycles. The minimum absolute atomic E-state index is 0.0823. The maximum absolute atomic E-state index is 12.4. The number of hydrogen-bond donors (Lipinski definition) is 0. The highest BCUT2D eigenvalue weighted by molar-refractivity contribution is 7.13. The Morgan fingerprint density at radius 2 is 2.05 bits per heavy atom. The normalized spacial score (nSPS) is 10.8. The predicted octanol–water partition coefficient (Wildman–Crippen LogP) is 3.01. The molecule has 2 heterocycles. The molecular weight excluding hydrogens is 300 g/mol. The Kier molecular flexibility index (Phi) is 4.02. The molecule has 2 aromatic heterocycles. The first-order valence-electron chi connectivity index (χ1n) is 6.91. The number of carbonyl (C=O) groups is 1. The van der Waals surface area contributed by atoms with Crippen LogP contribution in [0.2, 0.25) is 0 Å². The zero-order valence-corrected chi connectivity index (χ0v) is 12.8. The van der Waals surface area contributed by atoms with Crippen LogP contribution in [0.3, 0.4) is 0 Å². The van der Waals surface area contributed by atoms with E-state index >= 15 is 0 Å². The van der Waals surface area contributed by atoms with Gasteiger partial charge in [-0.15, -0.1) is 11.3 Å². The molecule has 0 saturated heterocycles. The van der Waals surface area contributed by atoms with Crippen molar-refractivity contribution in [3.63, 3.8) is 0 Å². The third kappa shape index (κ3) is 2.78. The third-order valence-corrected chi connectivity index (χ3v) is 4.28. The number of ketones is 1. The van der Waals surface area contributed by atoms with Gasteiger partial charge in [-0.3, -0.25) is 9.32 Å². The van der Waals surface area contributed by atoms with E-state index in [1.165, 1.54) is 15.9 Å². The molecule has 0 atom stereocenters. The van der Waals surface area contributed by atoms with Gasteiger partial charge in [0.05, 0.1) is 11.4 Å². The molecule has 3 rings (SSSR count). The van der Waals surface area contributed by atoms with Crippen molar-refractivity contribution in [2.45, 2.75) is 19.9 Å². The first-order chi connectivity index (χ1) is 10.7. The molecule has 6 heteroatoms. The van der Waals surface area contributed by atoms with Crippen molar-refractivity contribution >= 4 is 17.1 Å². The minimum Gasteiger partial charge on any atom is -0.295 e. The summed E-state index contributed by atoms with van der Waals surface area (Å²) in [5.74, 6) is -0.383. The quantitative estimate of drug-likeness (QED) is 0.679. The summed E-state index contributed by atoms with van der Waals surface area (Å²) >= 11 is 1.44. The molecule has 0 unspecified atom stereocenters. The lowest BCUT2D eigenvalue weighted by molar-refractivity contribution is 0.0970. The minimum atomic E-state index is -0.623. The Labute approximate surface area is 130 Å². The summed E-state index contributed by atoms with van der Waals surface area (Å²) in [6.45, 7) is 1.97. The zero-order valence-electron chi connectivity index (χ0n) is 12.0. The molecule has 0 amide bonds. The second-order valence-electron chi connectivity index (χ2n) is 4.81. The maximum Gasteiger partial charge on any atom is 0.442 e. The van der Waals surface area contributed by atoms with Gasteiger partial charge in [-0.05, 0) is 23.4 Å².